The SMILES string of the molecule is CCN1CCCC(NC2CCCCC2O)CC1. The Kier molecular flexibility index (Phi) is 5.26. The number of hydrogen-bond acceptors (Lipinski definition) is 3. The Morgan fingerprint density at radius 3 is 2.65 bits per heavy atom. The van der Waals surface area contributed by atoms with E-state index in [1.165, 1.54) is 51.7 Å². The zero-order valence-electron chi connectivity index (χ0n) is 11.2. The van der Waals surface area contributed by atoms with Crippen LogP contribution in [-0.4, -0.2) is 47.8 Å². The number of likely N-dealkylation sites (tertiary alicyclic amines) is 1. The van der Waals surface area contributed by atoms with Gasteiger partial charge in [-0.3, -0.25) is 0 Å². The van der Waals surface area contributed by atoms with Crippen LogP contribution in [-0.2, 0) is 0 Å². The molecule has 3 atom stereocenters. The largest absolute Gasteiger partial charge is 0.392 e. The minimum atomic E-state index is -0.103. The molecule has 3 heteroatoms. The van der Waals surface area contributed by atoms with Crippen molar-refractivity contribution in [2.75, 3.05) is 19.6 Å². The molecule has 1 saturated heterocycles. The number of nitrogens with one attached hydrogen (secondary N) is 1. The fraction of sp³-hybridized carbons (Fsp3) is 1.00. The topological polar surface area (TPSA) is 35.5 Å². The first-order valence-electron chi connectivity index (χ1n) is 7.46. The van der Waals surface area contributed by atoms with Crippen molar-refractivity contribution in [3.8, 4) is 0 Å². The fourth-order valence-corrected chi connectivity index (χ4v) is 3.25. The summed E-state index contributed by atoms with van der Waals surface area (Å²) >= 11 is 0. The normalized spacial score (nSPS) is 36.7. The van der Waals surface area contributed by atoms with Gasteiger partial charge in [0.1, 0.15) is 0 Å². The van der Waals surface area contributed by atoms with Crippen LogP contribution in [0, 0.1) is 0 Å². The van der Waals surface area contributed by atoms with Crippen molar-refractivity contribution in [1.82, 2.24) is 10.2 Å². The Hall–Kier alpha value is -0.120. The van der Waals surface area contributed by atoms with E-state index in [0.29, 0.717) is 12.1 Å². The summed E-state index contributed by atoms with van der Waals surface area (Å²) in [6.07, 6.45) is 8.36. The van der Waals surface area contributed by atoms with E-state index >= 15 is 0 Å². The highest BCUT2D eigenvalue weighted by Crippen LogP contribution is 2.20. The molecule has 2 aliphatic rings. The highest BCUT2D eigenvalue weighted by Gasteiger charge is 2.26. The molecule has 0 bridgehead atoms. The van der Waals surface area contributed by atoms with E-state index in [-0.39, 0.29) is 6.10 Å². The number of aliphatic hydroxyl groups excluding tert-OH is 1. The molecule has 2 rings (SSSR count). The average Bonchev–Trinajstić information content (AvgIpc) is 2.57. The molecular weight excluding hydrogens is 212 g/mol. The zero-order valence-corrected chi connectivity index (χ0v) is 11.2. The Labute approximate surface area is 106 Å². The van der Waals surface area contributed by atoms with Gasteiger partial charge in [-0.05, 0) is 51.7 Å². The van der Waals surface area contributed by atoms with Crippen molar-refractivity contribution in [2.45, 2.75) is 70.1 Å². The standard InChI is InChI=1S/C14H28N2O/c1-2-16-10-5-6-12(9-11-16)15-13-7-3-4-8-14(13)17/h12-15,17H,2-11H2,1H3. The van der Waals surface area contributed by atoms with Crippen LogP contribution < -0.4 is 5.32 Å². The van der Waals surface area contributed by atoms with Crippen molar-refractivity contribution in [2.24, 2.45) is 0 Å². The van der Waals surface area contributed by atoms with Crippen molar-refractivity contribution in [3.63, 3.8) is 0 Å². The number of hydrogen-bond donors (Lipinski definition) is 2. The van der Waals surface area contributed by atoms with Gasteiger partial charge >= 0.3 is 0 Å². The molecule has 0 radical (unpaired) electrons. The third kappa shape index (κ3) is 3.94. The Morgan fingerprint density at radius 2 is 1.88 bits per heavy atom. The molecule has 0 aromatic heterocycles. The predicted octanol–water partition coefficient (Wildman–Crippen LogP) is 1.75. The van der Waals surface area contributed by atoms with Crippen LogP contribution in [0.15, 0.2) is 0 Å². The zero-order chi connectivity index (χ0) is 12.1. The van der Waals surface area contributed by atoms with Crippen molar-refractivity contribution in [3.05, 3.63) is 0 Å². The summed E-state index contributed by atoms with van der Waals surface area (Å²) in [4.78, 5) is 2.54. The average molecular weight is 240 g/mol. The Balaban J connectivity index is 1.77. The van der Waals surface area contributed by atoms with Gasteiger partial charge in [0.05, 0.1) is 6.10 Å². The molecule has 0 aromatic rings. The summed E-state index contributed by atoms with van der Waals surface area (Å²) in [6.45, 7) is 5.90. The lowest BCUT2D eigenvalue weighted by Gasteiger charge is -2.32. The van der Waals surface area contributed by atoms with Gasteiger partial charge in [-0.15, -0.1) is 0 Å². The quantitative estimate of drug-likeness (QED) is 0.789. The summed E-state index contributed by atoms with van der Waals surface area (Å²) < 4.78 is 0. The van der Waals surface area contributed by atoms with E-state index in [1.807, 2.05) is 0 Å². The molecule has 1 heterocycles. The van der Waals surface area contributed by atoms with Crippen molar-refractivity contribution >= 4 is 0 Å². The summed E-state index contributed by atoms with van der Waals surface area (Å²) in [5.74, 6) is 0. The minimum Gasteiger partial charge on any atom is -0.392 e. The van der Waals surface area contributed by atoms with E-state index in [2.05, 4.69) is 17.1 Å². The molecule has 17 heavy (non-hydrogen) atoms. The summed E-state index contributed by atoms with van der Waals surface area (Å²) in [7, 11) is 0. The maximum Gasteiger partial charge on any atom is 0.0693 e. The predicted molar refractivity (Wildman–Crippen MR) is 71.2 cm³/mol. The van der Waals surface area contributed by atoms with Gasteiger partial charge in [-0.25, -0.2) is 0 Å². The third-order valence-corrected chi connectivity index (χ3v) is 4.45. The van der Waals surface area contributed by atoms with Crippen LogP contribution in [0.25, 0.3) is 0 Å². The first-order valence-corrected chi connectivity index (χ1v) is 7.46. The summed E-state index contributed by atoms with van der Waals surface area (Å²) in [5, 5.41) is 13.7. The monoisotopic (exact) mass is 240 g/mol. The number of rotatable bonds is 3. The lowest BCUT2D eigenvalue weighted by molar-refractivity contribution is 0.0836. The second-order valence-electron chi connectivity index (χ2n) is 5.69. The number of aliphatic hydroxyl groups is 1. The highest BCUT2D eigenvalue weighted by atomic mass is 16.3. The lowest BCUT2D eigenvalue weighted by Crippen LogP contribution is -2.47. The van der Waals surface area contributed by atoms with Gasteiger partial charge in [-0.1, -0.05) is 19.8 Å². The van der Waals surface area contributed by atoms with Gasteiger partial charge < -0.3 is 15.3 Å². The summed E-state index contributed by atoms with van der Waals surface area (Å²) in [5.41, 5.74) is 0. The van der Waals surface area contributed by atoms with Crippen LogP contribution in [0.2, 0.25) is 0 Å². The molecule has 1 aliphatic carbocycles. The smallest absolute Gasteiger partial charge is 0.0693 e. The third-order valence-electron chi connectivity index (χ3n) is 4.45. The van der Waals surface area contributed by atoms with Crippen molar-refractivity contribution in [1.29, 1.82) is 0 Å². The van der Waals surface area contributed by atoms with Crippen LogP contribution in [0.1, 0.15) is 51.9 Å². The van der Waals surface area contributed by atoms with Gasteiger partial charge in [0.2, 0.25) is 0 Å². The first kappa shape index (κ1) is 13.3. The van der Waals surface area contributed by atoms with Crippen LogP contribution in [0.4, 0.5) is 0 Å². The molecule has 100 valence electrons. The van der Waals surface area contributed by atoms with Crippen LogP contribution in [0.3, 0.4) is 0 Å². The Bertz CT molecular complexity index is 222. The molecule has 2 N–H and O–H groups in total. The van der Waals surface area contributed by atoms with Gasteiger partial charge in [0.25, 0.3) is 0 Å². The second kappa shape index (κ2) is 6.72. The van der Waals surface area contributed by atoms with E-state index in [9.17, 15) is 5.11 Å². The molecular formula is C14H28N2O. The van der Waals surface area contributed by atoms with Crippen molar-refractivity contribution < 1.29 is 5.11 Å². The van der Waals surface area contributed by atoms with Gasteiger partial charge in [-0.2, -0.15) is 0 Å². The molecule has 1 saturated carbocycles. The highest BCUT2D eigenvalue weighted by molar-refractivity contribution is 4.85. The molecule has 3 nitrogen and oxygen atoms in total. The maximum atomic E-state index is 10.00. The first-order chi connectivity index (χ1) is 8.29. The second-order valence-corrected chi connectivity index (χ2v) is 5.69. The molecule has 3 unspecified atom stereocenters. The fourth-order valence-electron chi connectivity index (χ4n) is 3.25. The lowest BCUT2D eigenvalue weighted by atomic mass is 9.91. The van der Waals surface area contributed by atoms with E-state index < -0.39 is 0 Å². The summed E-state index contributed by atoms with van der Waals surface area (Å²) in [6, 6.07) is 0.992. The molecule has 0 spiro atoms. The molecule has 0 amide bonds. The minimum absolute atomic E-state index is 0.103. The Morgan fingerprint density at radius 1 is 1.06 bits per heavy atom. The maximum absolute atomic E-state index is 10.00. The van der Waals surface area contributed by atoms with Gasteiger partial charge in [0.15, 0.2) is 0 Å². The van der Waals surface area contributed by atoms with E-state index in [4.69, 9.17) is 0 Å². The molecule has 2 fully saturated rings. The van der Waals surface area contributed by atoms with Crippen LogP contribution >= 0.6 is 0 Å². The van der Waals surface area contributed by atoms with E-state index in [0.717, 1.165) is 12.8 Å². The molecule has 0 aromatic carbocycles. The molecule has 1 aliphatic heterocycles. The van der Waals surface area contributed by atoms with E-state index in [1.54, 1.807) is 0 Å². The van der Waals surface area contributed by atoms with Gasteiger partial charge in [0, 0.05) is 12.1 Å². The number of nitrogens with zero attached hydrogens (tertiary/aromatic N) is 1. The van der Waals surface area contributed by atoms with Crippen LogP contribution in [0.5, 0.6) is 0 Å².